The van der Waals surface area contributed by atoms with Crippen LogP contribution >= 0.6 is 0 Å². The molecular formula is C22H27N5O2. The van der Waals surface area contributed by atoms with Gasteiger partial charge in [0.15, 0.2) is 11.5 Å². The van der Waals surface area contributed by atoms with E-state index in [9.17, 15) is 0 Å². The molecule has 0 amide bonds. The van der Waals surface area contributed by atoms with Crippen LogP contribution in [-0.2, 0) is 20.6 Å². The summed E-state index contributed by atoms with van der Waals surface area (Å²) in [6.45, 7) is 3.12. The summed E-state index contributed by atoms with van der Waals surface area (Å²) in [5.74, 6) is 2.76. The Labute approximate surface area is 170 Å². The van der Waals surface area contributed by atoms with E-state index in [0.717, 1.165) is 48.1 Å². The first kappa shape index (κ1) is 18.2. The molecule has 0 N–H and O–H groups in total. The van der Waals surface area contributed by atoms with E-state index in [1.54, 1.807) is 0 Å². The summed E-state index contributed by atoms with van der Waals surface area (Å²) in [5.41, 5.74) is 3.30. The molecule has 152 valence electrons. The van der Waals surface area contributed by atoms with Crippen LogP contribution in [0.4, 0.5) is 0 Å². The number of ether oxygens (including phenoxy) is 2. The lowest BCUT2D eigenvalue weighted by molar-refractivity contribution is 0.132. The largest absolute Gasteiger partial charge is 0.486 e. The minimum atomic E-state index is 0.345. The van der Waals surface area contributed by atoms with Crippen molar-refractivity contribution in [3.8, 4) is 22.8 Å². The molecule has 0 radical (unpaired) electrons. The molecule has 1 fully saturated rings. The first-order valence-electron chi connectivity index (χ1n) is 10.3. The fraction of sp³-hybridized carbons (Fsp3) is 0.455. The van der Waals surface area contributed by atoms with Gasteiger partial charge < -0.3 is 14.0 Å². The van der Waals surface area contributed by atoms with Crippen molar-refractivity contribution in [2.45, 2.75) is 31.8 Å². The summed E-state index contributed by atoms with van der Waals surface area (Å²) in [4.78, 5) is 7.18. The van der Waals surface area contributed by atoms with Crippen molar-refractivity contribution in [1.29, 1.82) is 0 Å². The van der Waals surface area contributed by atoms with Crippen LogP contribution < -0.4 is 9.47 Å². The second-order valence-corrected chi connectivity index (χ2v) is 7.91. The van der Waals surface area contributed by atoms with Gasteiger partial charge >= 0.3 is 0 Å². The van der Waals surface area contributed by atoms with Gasteiger partial charge in [-0.3, -0.25) is 9.58 Å². The van der Waals surface area contributed by atoms with E-state index in [2.05, 4.69) is 33.8 Å². The van der Waals surface area contributed by atoms with Gasteiger partial charge in [-0.15, -0.1) is 0 Å². The van der Waals surface area contributed by atoms with Gasteiger partial charge in [-0.05, 0) is 37.6 Å². The fourth-order valence-corrected chi connectivity index (χ4v) is 4.48. The Kier molecular flexibility index (Phi) is 4.75. The van der Waals surface area contributed by atoms with Crippen LogP contribution in [0.25, 0.3) is 11.3 Å². The van der Waals surface area contributed by atoms with Crippen molar-refractivity contribution in [2.75, 3.05) is 19.8 Å². The first-order chi connectivity index (χ1) is 14.2. The van der Waals surface area contributed by atoms with Crippen LogP contribution in [0, 0.1) is 0 Å². The maximum atomic E-state index is 5.78. The van der Waals surface area contributed by atoms with Gasteiger partial charge in [0, 0.05) is 50.4 Å². The summed E-state index contributed by atoms with van der Waals surface area (Å²) >= 11 is 0. The summed E-state index contributed by atoms with van der Waals surface area (Å²) in [7, 11) is 4.07. The van der Waals surface area contributed by atoms with Gasteiger partial charge in [0.05, 0.1) is 11.7 Å². The molecule has 2 aliphatic rings. The molecule has 2 aliphatic heterocycles. The number of hydrogen-bond donors (Lipinski definition) is 0. The van der Waals surface area contributed by atoms with E-state index in [0.29, 0.717) is 19.3 Å². The van der Waals surface area contributed by atoms with Gasteiger partial charge in [-0.1, -0.05) is 6.42 Å². The van der Waals surface area contributed by atoms with Gasteiger partial charge in [0.2, 0.25) is 0 Å². The maximum Gasteiger partial charge on any atom is 0.162 e. The summed E-state index contributed by atoms with van der Waals surface area (Å²) in [6.07, 6.45) is 9.68. The first-order valence-corrected chi connectivity index (χ1v) is 10.3. The zero-order chi connectivity index (χ0) is 19.8. The smallest absolute Gasteiger partial charge is 0.162 e. The highest BCUT2D eigenvalue weighted by Crippen LogP contribution is 2.37. The van der Waals surface area contributed by atoms with Crippen molar-refractivity contribution >= 4 is 0 Å². The lowest BCUT2D eigenvalue weighted by Crippen LogP contribution is -2.34. The normalized spacial score (nSPS) is 19.4. The van der Waals surface area contributed by atoms with Gasteiger partial charge in [0.25, 0.3) is 0 Å². The third kappa shape index (κ3) is 3.51. The summed E-state index contributed by atoms with van der Waals surface area (Å²) in [5, 5.41) is 4.77. The number of likely N-dealkylation sites (tertiary alicyclic amines) is 1. The van der Waals surface area contributed by atoms with E-state index < -0.39 is 0 Å². The molecule has 5 rings (SSSR count). The molecule has 0 spiro atoms. The van der Waals surface area contributed by atoms with Crippen molar-refractivity contribution in [3.05, 3.63) is 48.2 Å². The predicted molar refractivity (Wildman–Crippen MR) is 110 cm³/mol. The topological polar surface area (TPSA) is 57.3 Å². The average molecular weight is 393 g/mol. The monoisotopic (exact) mass is 393 g/mol. The van der Waals surface area contributed by atoms with Gasteiger partial charge in [0.1, 0.15) is 19.0 Å². The van der Waals surface area contributed by atoms with Crippen molar-refractivity contribution in [1.82, 2.24) is 24.2 Å². The molecule has 1 saturated heterocycles. The minimum Gasteiger partial charge on any atom is -0.486 e. The maximum absolute atomic E-state index is 5.78. The standard InChI is InChI=1S/C22H27N5O2/c1-25-10-8-23-22(25)18-5-3-4-9-27(18)15-17-14-26(2)24-21(17)16-6-7-19-20(13-16)29-12-11-28-19/h6-8,10,13-14,18H,3-5,9,11-12,15H2,1-2H3/t18-/m0/s1. The molecular weight excluding hydrogens is 366 g/mol. The SMILES string of the molecule is Cn1cc(CN2CCCC[C@H]2c2nccn2C)c(-c2ccc3c(c2)OCCO3)n1. The number of aromatic nitrogens is 4. The lowest BCUT2D eigenvalue weighted by atomic mass is 9.99. The second-order valence-electron chi connectivity index (χ2n) is 7.91. The molecule has 0 aliphatic carbocycles. The van der Waals surface area contributed by atoms with E-state index in [-0.39, 0.29) is 0 Å². The Morgan fingerprint density at radius 1 is 1.10 bits per heavy atom. The third-order valence-corrected chi connectivity index (χ3v) is 5.86. The Morgan fingerprint density at radius 2 is 1.97 bits per heavy atom. The van der Waals surface area contributed by atoms with Crippen LogP contribution in [0.15, 0.2) is 36.8 Å². The number of imidazole rings is 1. The van der Waals surface area contributed by atoms with Crippen LogP contribution in [0.2, 0.25) is 0 Å². The Balaban J connectivity index is 1.45. The minimum absolute atomic E-state index is 0.345. The zero-order valence-corrected chi connectivity index (χ0v) is 17.0. The number of nitrogens with zero attached hydrogens (tertiary/aromatic N) is 5. The Hall–Kier alpha value is -2.80. The second kappa shape index (κ2) is 7.55. The highest BCUT2D eigenvalue weighted by Gasteiger charge is 2.28. The van der Waals surface area contributed by atoms with Crippen LogP contribution in [-0.4, -0.2) is 44.0 Å². The number of benzene rings is 1. The molecule has 1 atom stereocenters. The molecule has 7 heteroatoms. The molecule has 29 heavy (non-hydrogen) atoms. The summed E-state index contributed by atoms with van der Waals surface area (Å²) in [6, 6.07) is 6.45. The lowest BCUT2D eigenvalue weighted by Gasteiger charge is -2.35. The Morgan fingerprint density at radius 3 is 2.79 bits per heavy atom. The fourth-order valence-electron chi connectivity index (χ4n) is 4.48. The molecule has 0 bridgehead atoms. The quantitative estimate of drug-likeness (QED) is 0.681. The molecule has 0 unspecified atom stereocenters. The van der Waals surface area contributed by atoms with Crippen molar-refractivity contribution in [3.63, 3.8) is 0 Å². The number of rotatable bonds is 4. The van der Waals surface area contributed by atoms with Crippen molar-refractivity contribution < 1.29 is 9.47 Å². The number of fused-ring (bicyclic) bond motifs is 1. The van der Waals surface area contributed by atoms with Crippen LogP contribution in [0.5, 0.6) is 11.5 Å². The predicted octanol–water partition coefficient (Wildman–Crippen LogP) is 3.32. The number of piperidine rings is 1. The van der Waals surface area contributed by atoms with Crippen LogP contribution in [0.3, 0.4) is 0 Å². The molecule has 1 aromatic carbocycles. The molecule has 0 saturated carbocycles. The number of hydrogen-bond acceptors (Lipinski definition) is 5. The number of aryl methyl sites for hydroxylation is 2. The van der Waals surface area contributed by atoms with Crippen LogP contribution in [0.1, 0.15) is 36.7 Å². The molecule has 4 heterocycles. The molecule has 3 aromatic rings. The van der Waals surface area contributed by atoms with Gasteiger partial charge in [-0.2, -0.15) is 5.10 Å². The highest BCUT2D eigenvalue weighted by atomic mass is 16.6. The zero-order valence-electron chi connectivity index (χ0n) is 17.0. The van der Waals surface area contributed by atoms with E-state index in [1.165, 1.54) is 18.4 Å². The van der Waals surface area contributed by atoms with E-state index in [1.807, 2.05) is 36.3 Å². The van der Waals surface area contributed by atoms with E-state index >= 15 is 0 Å². The van der Waals surface area contributed by atoms with E-state index in [4.69, 9.17) is 14.6 Å². The van der Waals surface area contributed by atoms with Gasteiger partial charge in [-0.25, -0.2) is 4.98 Å². The Bertz CT molecular complexity index is 1010. The highest BCUT2D eigenvalue weighted by molar-refractivity contribution is 5.66. The molecule has 2 aromatic heterocycles. The third-order valence-electron chi connectivity index (χ3n) is 5.86. The average Bonchev–Trinajstić information content (AvgIpc) is 3.33. The molecule has 7 nitrogen and oxygen atoms in total. The summed E-state index contributed by atoms with van der Waals surface area (Å²) < 4.78 is 15.5. The van der Waals surface area contributed by atoms with Crippen molar-refractivity contribution in [2.24, 2.45) is 14.1 Å².